The van der Waals surface area contributed by atoms with Crippen molar-refractivity contribution in [2.24, 2.45) is 0 Å². The van der Waals surface area contributed by atoms with Crippen molar-refractivity contribution in [3.8, 4) is 11.5 Å². The number of para-hydroxylation sites is 1. The summed E-state index contributed by atoms with van der Waals surface area (Å²) in [7, 11) is 0.542. The maximum atomic E-state index is 12.8. The Morgan fingerprint density at radius 1 is 1.04 bits per heavy atom. The molecule has 2 aromatic carbocycles. The van der Waals surface area contributed by atoms with E-state index in [4.69, 9.17) is 9.47 Å². The molecule has 140 valence electrons. The smallest absolute Gasteiger partial charge is 0.254 e. The molecular weight excluding hydrogens is 356 g/mol. The van der Waals surface area contributed by atoms with Gasteiger partial charge in [0.25, 0.3) is 5.91 Å². The number of amides is 1. The van der Waals surface area contributed by atoms with Gasteiger partial charge in [-0.05, 0) is 31.2 Å². The van der Waals surface area contributed by atoms with Crippen molar-refractivity contribution in [3.63, 3.8) is 0 Å². The van der Waals surface area contributed by atoms with Crippen molar-refractivity contribution >= 4 is 15.9 Å². The summed E-state index contributed by atoms with van der Waals surface area (Å²) >= 11 is 0. The highest BCUT2D eigenvalue weighted by atomic mass is 32.2. The van der Waals surface area contributed by atoms with Gasteiger partial charge in [-0.15, -0.1) is 0 Å². The van der Waals surface area contributed by atoms with Crippen molar-refractivity contribution in [3.05, 3.63) is 53.6 Å². The van der Waals surface area contributed by atoms with Gasteiger partial charge in [-0.3, -0.25) is 4.79 Å². The topological polar surface area (TPSA) is 93.7 Å². The van der Waals surface area contributed by atoms with Crippen molar-refractivity contribution in [1.82, 2.24) is 10.0 Å². The van der Waals surface area contributed by atoms with Crippen molar-refractivity contribution in [1.29, 1.82) is 0 Å². The maximum absolute atomic E-state index is 12.8. The van der Waals surface area contributed by atoms with Gasteiger partial charge in [0.2, 0.25) is 10.0 Å². The third kappa shape index (κ3) is 4.14. The average Bonchev–Trinajstić information content (AvgIpc) is 2.66. The molecule has 0 saturated carbocycles. The number of hydrogen-bond donors (Lipinski definition) is 2. The Labute approximate surface area is 153 Å². The number of carbonyl (C=O) groups excluding carboxylic acids is 1. The molecule has 0 unspecified atom stereocenters. The van der Waals surface area contributed by atoms with E-state index >= 15 is 0 Å². The van der Waals surface area contributed by atoms with Crippen LogP contribution in [0.15, 0.2) is 47.4 Å². The molecule has 0 bridgehead atoms. The first-order valence-corrected chi connectivity index (χ1v) is 9.37. The van der Waals surface area contributed by atoms with Gasteiger partial charge in [-0.2, -0.15) is 0 Å². The Morgan fingerprint density at radius 3 is 2.31 bits per heavy atom. The second kappa shape index (κ2) is 8.20. The Kier molecular flexibility index (Phi) is 6.23. The molecule has 0 fully saturated rings. The fourth-order valence-corrected chi connectivity index (χ4v) is 3.80. The Hall–Kier alpha value is -2.58. The monoisotopic (exact) mass is 378 g/mol. The lowest BCUT2D eigenvalue weighted by atomic mass is 10.1. The van der Waals surface area contributed by atoms with Crippen LogP contribution in [0.3, 0.4) is 0 Å². The summed E-state index contributed by atoms with van der Waals surface area (Å²) in [6.45, 7) is 1.72. The van der Waals surface area contributed by atoms with E-state index in [9.17, 15) is 13.2 Å². The zero-order valence-electron chi connectivity index (χ0n) is 15.1. The minimum absolute atomic E-state index is 0.0290. The van der Waals surface area contributed by atoms with Crippen LogP contribution < -0.4 is 19.5 Å². The van der Waals surface area contributed by atoms with E-state index in [2.05, 4.69) is 10.0 Å². The zero-order valence-corrected chi connectivity index (χ0v) is 15.9. The molecule has 7 nitrogen and oxygen atoms in total. The quantitative estimate of drug-likeness (QED) is 0.770. The van der Waals surface area contributed by atoms with Gasteiger partial charge in [0.15, 0.2) is 0 Å². The lowest BCUT2D eigenvalue weighted by molar-refractivity contribution is 0.0960. The third-order valence-corrected chi connectivity index (χ3v) is 5.43. The fraction of sp³-hybridized carbons (Fsp3) is 0.278. The summed E-state index contributed by atoms with van der Waals surface area (Å²) in [6, 6.07) is 10.8. The highest BCUT2D eigenvalue weighted by Crippen LogP contribution is 2.27. The number of benzene rings is 2. The van der Waals surface area contributed by atoms with Gasteiger partial charge in [0.1, 0.15) is 11.5 Å². The number of nitrogens with one attached hydrogen (secondary N) is 2. The normalized spacial score (nSPS) is 12.3. The van der Waals surface area contributed by atoms with Crippen LogP contribution in [0.25, 0.3) is 0 Å². The first-order valence-electron chi connectivity index (χ1n) is 7.89. The standard InChI is InChI=1S/C18H22N2O5S/c1-12(14-7-5-6-8-16(14)24-3)20-26(22,23)13-9-10-17(25-4)15(11-13)18(21)19-2/h5-12,20H,1-4H3,(H,19,21)/t12-/m1/s1. The molecule has 26 heavy (non-hydrogen) atoms. The minimum atomic E-state index is -3.86. The van der Waals surface area contributed by atoms with Crippen LogP contribution in [-0.2, 0) is 10.0 Å². The summed E-state index contributed by atoms with van der Waals surface area (Å²) in [4.78, 5) is 11.9. The van der Waals surface area contributed by atoms with E-state index in [1.54, 1.807) is 25.1 Å². The van der Waals surface area contributed by atoms with Crippen LogP contribution in [0.1, 0.15) is 28.9 Å². The molecule has 2 aromatic rings. The molecule has 0 saturated heterocycles. The summed E-state index contributed by atoms with van der Waals surface area (Å²) < 4.78 is 38.5. The molecule has 0 aliphatic heterocycles. The second-order valence-electron chi connectivity index (χ2n) is 5.53. The van der Waals surface area contributed by atoms with Crippen LogP contribution in [0.4, 0.5) is 0 Å². The summed E-state index contributed by atoms with van der Waals surface area (Å²) in [6.07, 6.45) is 0. The van der Waals surface area contributed by atoms with E-state index in [-0.39, 0.29) is 10.5 Å². The summed E-state index contributed by atoms with van der Waals surface area (Å²) in [5, 5.41) is 2.47. The number of sulfonamides is 1. The number of ether oxygens (including phenoxy) is 2. The van der Waals surface area contributed by atoms with Gasteiger partial charge >= 0.3 is 0 Å². The van der Waals surface area contributed by atoms with Crippen molar-refractivity contribution < 1.29 is 22.7 Å². The van der Waals surface area contributed by atoms with E-state index in [1.807, 2.05) is 6.07 Å². The first-order chi connectivity index (χ1) is 12.3. The zero-order chi connectivity index (χ0) is 19.3. The minimum Gasteiger partial charge on any atom is -0.496 e. The van der Waals surface area contributed by atoms with Crippen LogP contribution in [-0.4, -0.2) is 35.6 Å². The highest BCUT2D eigenvalue weighted by molar-refractivity contribution is 7.89. The fourth-order valence-electron chi connectivity index (χ4n) is 2.55. The number of carbonyl (C=O) groups is 1. The number of methoxy groups -OCH3 is 2. The summed E-state index contributed by atoms with van der Waals surface area (Å²) in [5.74, 6) is 0.446. The van der Waals surface area contributed by atoms with Gasteiger partial charge in [0, 0.05) is 18.7 Å². The highest BCUT2D eigenvalue weighted by Gasteiger charge is 2.23. The van der Waals surface area contributed by atoms with Crippen LogP contribution in [0.5, 0.6) is 11.5 Å². The lowest BCUT2D eigenvalue weighted by Gasteiger charge is -2.18. The largest absolute Gasteiger partial charge is 0.496 e. The predicted octanol–water partition coefficient (Wildman–Crippen LogP) is 2.10. The molecule has 2 rings (SSSR count). The van der Waals surface area contributed by atoms with Crippen LogP contribution in [0.2, 0.25) is 0 Å². The van der Waals surface area contributed by atoms with Gasteiger partial charge < -0.3 is 14.8 Å². The molecule has 8 heteroatoms. The first kappa shape index (κ1) is 19.7. The van der Waals surface area contributed by atoms with Gasteiger partial charge in [-0.25, -0.2) is 13.1 Å². The Balaban J connectivity index is 2.37. The van der Waals surface area contributed by atoms with E-state index in [0.29, 0.717) is 17.1 Å². The van der Waals surface area contributed by atoms with E-state index in [1.165, 1.54) is 39.5 Å². The third-order valence-electron chi connectivity index (χ3n) is 3.89. The van der Waals surface area contributed by atoms with Crippen molar-refractivity contribution in [2.75, 3.05) is 21.3 Å². The molecule has 2 N–H and O–H groups in total. The Morgan fingerprint density at radius 2 is 1.69 bits per heavy atom. The predicted molar refractivity (Wildman–Crippen MR) is 98.1 cm³/mol. The second-order valence-corrected chi connectivity index (χ2v) is 7.24. The molecule has 0 heterocycles. The van der Waals surface area contributed by atoms with E-state index < -0.39 is 22.0 Å². The van der Waals surface area contributed by atoms with Gasteiger partial charge in [-0.1, -0.05) is 18.2 Å². The van der Waals surface area contributed by atoms with Gasteiger partial charge in [0.05, 0.1) is 24.7 Å². The molecule has 0 aromatic heterocycles. The maximum Gasteiger partial charge on any atom is 0.254 e. The number of rotatable bonds is 7. The Bertz CT molecular complexity index is 896. The van der Waals surface area contributed by atoms with Crippen LogP contribution >= 0.6 is 0 Å². The molecular formula is C18H22N2O5S. The summed E-state index contributed by atoms with van der Waals surface area (Å²) in [5.41, 5.74) is 0.849. The SMILES string of the molecule is CNC(=O)c1cc(S(=O)(=O)N[C@H](C)c2ccccc2OC)ccc1OC. The molecule has 0 radical (unpaired) electrons. The van der Waals surface area contributed by atoms with E-state index in [0.717, 1.165) is 0 Å². The molecule has 0 aliphatic rings. The van der Waals surface area contributed by atoms with Crippen molar-refractivity contribution in [2.45, 2.75) is 17.9 Å². The molecule has 0 spiro atoms. The molecule has 0 aliphatic carbocycles. The molecule has 1 atom stereocenters. The average molecular weight is 378 g/mol. The van der Waals surface area contributed by atoms with Crippen LogP contribution in [0, 0.1) is 0 Å². The lowest BCUT2D eigenvalue weighted by Crippen LogP contribution is -2.28. The number of hydrogen-bond acceptors (Lipinski definition) is 5. The molecule has 1 amide bonds.